The average molecular weight is 376 g/mol. The van der Waals surface area contributed by atoms with E-state index < -0.39 is 0 Å². The maximum atomic E-state index is 12.6. The highest BCUT2D eigenvalue weighted by atomic mass is 35.5. The normalized spacial score (nSPS) is 16.1. The summed E-state index contributed by atoms with van der Waals surface area (Å²) >= 11 is 6.20. The van der Waals surface area contributed by atoms with Gasteiger partial charge in [0.2, 0.25) is 5.91 Å². The number of carbonyl (C=O) groups excluding carboxylic acids is 1. The lowest BCUT2D eigenvalue weighted by atomic mass is 10.2. The number of hydrogen-bond acceptors (Lipinski definition) is 4. The van der Waals surface area contributed by atoms with Crippen LogP contribution >= 0.6 is 11.6 Å². The van der Waals surface area contributed by atoms with Crippen LogP contribution in [-0.2, 0) is 11.8 Å². The summed E-state index contributed by atoms with van der Waals surface area (Å²) in [5.74, 6) is 1.34. The summed E-state index contributed by atoms with van der Waals surface area (Å²) in [5.41, 5.74) is 1.54. The van der Waals surface area contributed by atoms with Gasteiger partial charge in [-0.2, -0.15) is 5.10 Å². The molecule has 0 aliphatic carbocycles. The third-order valence-electron chi connectivity index (χ3n) is 4.27. The lowest BCUT2D eigenvalue weighted by molar-refractivity contribution is -0.127. The molecule has 138 valence electrons. The molecule has 6 nitrogen and oxygen atoms in total. The van der Waals surface area contributed by atoms with Gasteiger partial charge in [-0.05, 0) is 32.1 Å². The van der Waals surface area contributed by atoms with Crippen molar-refractivity contribution >= 4 is 23.6 Å². The van der Waals surface area contributed by atoms with Crippen LogP contribution in [0.1, 0.15) is 18.2 Å². The first kappa shape index (κ1) is 18.3. The fourth-order valence-electron chi connectivity index (χ4n) is 2.87. The molecule has 3 rings (SSSR count). The predicted octanol–water partition coefficient (Wildman–Crippen LogP) is 3.08. The molecule has 7 heteroatoms. The van der Waals surface area contributed by atoms with Crippen LogP contribution < -0.4 is 9.47 Å². The first-order valence-corrected chi connectivity index (χ1v) is 8.92. The van der Waals surface area contributed by atoms with Crippen LogP contribution in [0.3, 0.4) is 0 Å². The zero-order valence-corrected chi connectivity index (χ0v) is 15.9. The number of amides is 1. The van der Waals surface area contributed by atoms with E-state index in [0.717, 1.165) is 17.0 Å². The monoisotopic (exact) mass is 375 g/mol. The number of carbonyl (C=O) groups is 1. The highest BCUT2D eigenvalue weighted by Crippen LogP contribution is 2.31. The molecule has 0 fully saturated rings. The minimum Gasteiger partial charge on any atom is -0.486 e. The average Bonchev–Trinajstić information content (AvgIpc) is 2.89. The molecule has 2 heterocycles. The molecule has 1 amide bonds. The number of aryl methyl sites for hydroxylation is 2. The van der Waals surface area contributed by atoms with Crippen molar-refractivity contribution in [2.75, 3.05) is 19.7 Å². The summed E-state index contributed by atoms with van der Waals surface area (Å²) in [6.07, 6.45) is 3.03. The van der Waals surface area contributed by atoms with E-state index in [4.69, 9.17) is 21.1 Å². The van der Waals surface area contributed by atoms with Crippen molar-refractivity contribution in [3.05, 3.63) is 46.8 Å². The number of benzene rings is 1. The summed E-state index contributed by atoms with van der Waals surface area (Å²) in [6.45, 7) is 5.24. The molecular weight excluding hydrogens is 354 g/mol. The van der Waals surface area contributed by atoms with Gasteiger partial charge < -0.3 is 14.4 Å². The van der Waals surface area contributed by atoms with E-state index >= 15 is 0 Å². The molecule has 0 radical (unpaired) electrons. The van der Waals surface area contributed by atoms with Gasteiger partial charge in [0.1, 0.15) is 11.8 Å². The fourth-order valence-corrected chi connectivity index (χ4v) is 3.11. The Labute approximate surface area is 158 Å². The maximum absolute atomic E-state index is 12.6. The Balaban J connectivity index is 1.65. The molecule has 2 aromatic rings. The zero-order chi connectivity index (χ0) is 18.7. The molecule has 0 N–H and O–H groups in total. The van der Waals surface area contributed by atoms with Gasteiger partial charge in [0.05, 0.1) is 12.2 Å². The van der Waals surface area contributed by atoms with Crippen LogP contribution in [-0.4, -0.2) is 46.4 Å². The van der Waals surface area contributed by atoms with E-state index in [9.17, 15) is 4.79 Å². The van der Waals surface area contributed by atoms with Crippen LogP contribution in [0.15, 0.2) is 30.3 Å². The summed E-state index contributed by atoms with van der Waals surface area (Å²) in [7, 11) is 1.77. The second-order valence-electron chi connectivity index (χ2n) is 6.12. The van der Waals surface area contributed by atoms with Crippen LogP contribution in [0.4, 0.5) is 0 Å². The van der Waals surface area contributed by atoms with Gasteiger partial charge in [0, 0.05) is 25.2 Å². The number of aromatic nitrogens is 2. The van der Waals surface area contributed by atoms with Crippen molar-refractivity contribution in [1.82, 2.24) is 14.7 Å². The molecule has 1 unspecified atom stereocenters. The summed E-state index contributed by atoms with van der Waals surface area (Å²) in [6, 6.07) is 7.54. The Morgan fingerprint density at radius 1 is 1.42 bits per heavy atom. The minimum absolute atomic E-state index is 0.103. The largest absolute Gasteiger partial charge is 0.486 e. The van der Waals surface area contributed by atoms with E-state index in [1.807, 2.05) is 38.1 Å². The predicted molar refractivity (Wildman–Crippen MR) is 101 cm³/mol. The molecule has 0 saturated heterocycles. The topological polar surface area (TPSA) is 56.6 Å². The lowest BCUT2D eigenvalue weighted by Crippen LogP contribution is -2.43. The molecule has 1 aromatic heterocycles. The van der Waals surface area contributed by atoms with E-state index in [1.165, 1.54) is 6.08 Å². The fraction of sp³-hybridized carbons (Fsp3) is 0.368. The molecule has 26 heavy (non-hydrogen) atoms. The molecule has 1 atom stereocenters. The third kappa shape index (κ3) is 3.85. The first-order chi connectivity index (χ1) is 12.5. The number of halogens is 1. The van der Waals surface area contributed by atoms with Gasteiger partial charge in [0.25, 0.3) is 0 Å². The number of para-hydroxylation sites is 2. The van der Waals surface area contributed by atoms with Crippen molar-refractivity contribution in [3.63, 3.8) is 0 Å². The molecule has 0 spiro atoms. The standard InChI is InChI=1S/C19H22ClN3O3/c1-4-23(11-14-12-25-16-7-5-6-8-17(16)26-14)18(24)10-9-15-13(2)21-22(3)19(15)20/h5-10,14H,4,11-12H2,1-3H3/b10-9+. The lowest BCUT2D eigenvalue weighted by Gasteiger charge is -2.30. The van der Waals surface area contributed by atoms with Crippen LogP contribution in [0.2, 0.25) is 5.15 Å². The number of likely N-dealkylation sites (N-methyl/N-ethyl adjacent to an activating group) is 1. The van der Waals surface area contributed by atoms with E-state index in [1.54, 1.807) is 22.7 Å². The molecule has 1 aliphatic rings. The maximum Gasteiger partial charge on any atom is 0.246 e. The van der Waals surface area contributed by atoms with Crippen LogP contribution in [0, 0.1) is 6.92 Å². The van der Waals surface area contributed by atoms with Crippen molar-refractivity contribution in [2.45, 2.75) is 20.0 Å². The SMILES string of the molecule is CCN(CC1COc2ccccc2O1)C(=O)/C=C/c1c(C)nn(C)c1Cl. The Morgan fingerprint density at radius 2 is 2.15 bits per heavy atom. The van der Waals surface area contributed by atoms with Crippen molar-refractivity contribution in [3.8, 4) is 11.5 Å². The molecule has 1 aromatic carbocycles. The van der Waals surface area contributed by atoms with Gasteiger partial charge in [-0.15, -0.1) is 0 Å². The highest BCUT2D eigenvalue weighted by molar-refractivity contribution is 6.31. The Bertz CT molecular complexity index is 831. The molecule has 0 saturated carbocycles. The third-order valence-corrected chi connectivity index (χ3v) is 4.72. The van der Waals surface area contributed by atoms with Crippen molar-refractivity contribution in [2.24, 2.45) is 7.05 Å². The number of fused-ring (bicyclic) bond motifs is 1. The molecular formula is C19H22ClN3O3. The number of nitrogens with zero attached hydrogens (tertiary/aromatic N) is 3. The van der Waals surface area contributed by atoms with Gasteiger partial charge in [0.15, 0.2) is 17.6 Å². The molecule has 1 aliphatic heterocycles. The highest BCUT2D eigenvalue weighted by Gasteiger charge is 2.24. The number of hydrogen-bond donors (Lipinski definition) is 0. The number of ether oxygens (including phenoxy) is 2. The number of rotatable bonds is 5. The Kier molecular flexibility index (Phi) is 5.52. The van der Waals surface area contributed by atoms with Crippen molar-refractivity contribution < 1.29 is 14.3 Å². The molecule has 0 bridgehead atoms. The van der Waals surface area contributed by atoms with Crippen LogP contribution in [0.5, 0.6) is 11.5 Å². The minimum atomic E-state index is -0.203. The smallest absolute Gasteiger partial charge is 0.246 e. The first-order valence-electron chi connectivity index (χ1n) is 8.54. The quantitative estimate of drug-likeness (QED) is 0.753. The van der Waals surface area contributed by atoms with Gasteiger partial charge in [-0.1, -0.05) is 23.7 Å². The van der Waals surface area contributed by atoms with E-state index in [0.29, 0.717) is 30.6 Å². The van der Waals surface area contributed by atoms with Gasteiger partial charge in [-0.3, -0.25) is 9.48 Å². The summed E-state index contributed by atoms with van der Waals surface area (Å²) in [5, 5.41) is 4.75. The van der Waals surface area contributed by atoms with Gasteiger partial charge >= 0.3 is 0 Å². The Hall–Kier alpha value is -2.47. The van der Waals surface area contributed by atoms with E-state index in [2.05, 4.69) is 5.10 Å². The van der Waals surface area contributed by atoms with Crippen molar-refractivity contribution in [1.29, 1.82) is 0 Å². The zero-order valence-electron chi connectivity index (χ0n) is 15.1. The Morgan fingerprint density at radius 3 is 2.81 bits per heavy atom. The van der Waals surface area contributed by atoms with Crippen LogP contribution in [0.25, 0.3) is 6.08 Å². The second-order valence-corrected chi connectivity index (χ2v) is 6.48. The second kappa shape index (κ2) is 7.83. The van der Waals surface area contributed by atoms with Gasteiger partial charge in [-0.25, -0.2) is 0 Å². The summed E-state index contributed by atoms with van der Waals surface area (Å²) < 4.78 is 13.2. The van der Waals surface area contributed by atoms with E-state index in [-0.39, 0.29) is 12.0 Å². The summed E-state index contributed by atoms with van der Waals surface area (Å²) in [4.78, 5) is 14.3.